The van der Waals surface area contributed by atoms with Crippen molar-refractivity contribution in [3.05, 3.63) is 59.7 Å². The molecule has 0 spiro atoms. The fourth-order valence-electron chi connectivity index (χ4n) is 2.04. The summed E-state index contributed by atoms with van der Waals surface area (Å²) in [6.45, 7) is -0.556. The van der Waals surface area contributed by atoms with Crippen molar-refractivity contribution in [2.24, 2.45) is 0 Å². The van der Waals surface area contributed by atoms with Gasteiger partial charge in [-0.1, -0.05) is 6.07 Å². The Bertz CT molecular complexity index is 904. The van der Waals surface area contributed by atoms with Crippen LogP contribution in [0.25, 0.3) is 0 Å². The minimum atomic E-state index is -3.85. The highest BCUT2D eigenvalue weighted by molar-refractivity contribution is 7.89. The number of carbonyl (C=O) groups excluding carboxylic acids is 1. The number of ether oxygens (including phenoxy) is 2. The molecule has 0 amide bonds. The number of methoxy groups -OCH3 is 1. The van der Waals surface area contributed by atoms with E-state index in [1.807, 2.05) is 0 Å². The maximum absolute atomic E-state index is 14.1. The standard InChI is InChI=1S/C17H17F2NO5S2/c1-24-17(21)10-25-15-7-2-11(8-14(15)19)16(26)9-20-27(22,23)13-5-3-12(18)4-6-13/h2-8,16,20,26H,9-10H2,1H3. The van der Waals surface area contributed by atoms with Crippen LogP contribution < -0.4 is 9.46 Å². The monoisotopic (exact) mass is 417 g/mol. The molecular formula is C17H17F2NO5S2. The number of rotatable bonds is 8. The van der Waals surface area contributed by atoms with E-state index in [1.165, 1.54) is 19.2 Å². The first-order chi connectivity index (χ1) is 12.7. The molecule has 0 heterocycles. The SMILES string of the molecule is COC(=O)COc1ccc(C(S)CNS(=O)(=O)c2ccc(F)cc2)cc1F. The van der Waals surface area contributed by atoms with Crippen LogP contribution in [0.3, 0.4) is 0 Å². The third-order valence-corrected chi connectivity index (χ3v) is 5.42. The molecule has 2 aromatic rings. The van der Waals surface area contributed by atoms with E-state index in [0.29, 0.717) is 5.56 Å². The number of hydrogen-bond donors (Lipinski definition) is 2. The van der Waals surface area contributed by atoms with E-state index in [-0.39, 0.29) is 17.2 Å². The van der Waals surface area contributed by atoms with Crippen LogP contribution in [0.2, 0.25) is 0 Å². The number of sulfonamides is 1. The first-order valence-electron chi connectivity index (χ1n) is 7.65. The summed E-state index contributed by atoms with van der Waals surface area (Å²) in [4.78, 5) is 10.9. The lowest BCUT2D eigenvalue weighted by atomic mass is 10.1. The Morgan fingerprint density at radius 3 is 2.44 bits per heavy atom. The van der Waals surface area contributed by atoms with E-state index < -0.39 is 39.5 Å². The summed E-state index contributed by atoms with van der Waals surface area (Å²) in [5.74, 6) is -2.07. The van der Waals surface area contributed by atoms with Crippen molar-refractivity contribution in [2.45, 2.75) is 10.1 Å². The summed E-state index contributed by atoms with van der Waals surface area (Å²) in [5, 5.41) is -0.649. The third kappa shape index (κ3) is 5.91. The highest BCUT2D eigenvalue weighted by Gasteiger charge is 2.17. The van der Waals surface area contributed by atoms with Crippen molar-refractivity contribution in [1.29, 1.82) is 0 Å². The molecule has 6 nitrogen and oxygen atoms in total. The van der Waals surface area contributed by atoms with Gasteiger partial charge in [0.2, 0.25) is 10.0 Å². The number of halogens is 2. The van der Waals surface area contributed by atoms with E-state index in [1.54, 1.807) is 0 Å². The normalized spacial score (nSPS) is 12.4. The maximum atomic E-state index is 14.1. The van der Waals surface area contributed by atoms with E-state index in [9.17, 15) is 22.0 Å². The fraction of sp³-hybridized carbons (Fsp3) is 0.235. The van der Waals surface area contributed by atoms with Crippen LogP contribution in [0.15, 0.2) is 47.4 Å². The molecule has 0 aliphatic rings. The average Bonchev–Trinajstić information content (AvgIpc) is 2.65. The molecule has 0 aromatic heterocycles. The van der Waals surface area contributed by atoms with Crippen LogP contribution in [-0.4, -0.2) is 34.6 Å². The van der Waals surface area contributed by atoms with Gasteiger partial charge in [0.05, 0.1) is 12.0 Å². The van der Waals surface area contributed by atoms with Crippen LogP contribution in [0.1, 0.15) is 10.8 Å². The number of thiol groups is 1. The van der Waals surface area contributed by atoms with Crippen molar-refractivity contribution in [3.8, 4) is 5.75 Å². The Hall–Kier alpha value is -2.17. The molecule has 0 saturated heterocycles. The van der Waals surface area contributed by atoms with Crippen molar-refractivity contribution in [1.82, 2.24) is 4.72 Å². The summed E-state index contributed by atoms with van der Waals surface area (Å²) in [7, 11) is -2.67. The first kappa shape index (κ1) is 21.1. The number of esters is 1. The van der Waals surface area contributed by atoms with Gasteiger partial charge in [-0.05, 0) is 42.0 Å². The summed E-state index contributed by atoms with van der Waals surface area (Å²) in [6, 6.07) is 8.29. The zero-order valence-corrected chi connectivity index (χ0v) is 15.9. The van der Waals surface area contributed by atoms with Gasteiger partial charge in [-0.25, -0.2) is 26.7 Å². The molecule has 2 rings (SSSR count). The van der Waals surface area contributed by atoms with Gasteiger partial charge in [0, 0.05) is 11.8 Å². The molecule has 0 fully saturated rings. The molecule has 0 aliphatic heterocycles. The first-order valence-corrected chi connectivity index (χ1v) is 9.65. The van der Waals surface area contributed by atoms with E-state index in [4.69, 9.17) is 4.74 Å². The van der Waals surface area contributed by atoms with Gasteiger partial charge in [-0.2, -0.15) is 12.6 Å². The number of nitrogens with one attached hydrogen (secondary N) is 1. The fourth-order valence-corrected chi connectivity index (χ4v) is 3.46. The van der Waals surface area contributed by atoms with Crippen LogP contribution >= 0.6 is 12.6 Å². The highest BCUT2D eigenvalue weighted by Crippen LogP contribution is 2.25. The Balaban J connectivity index is 2.01. The van der Waals surface area contributed by atoms with Crippen molar-refractivity contribution in [2.75, 3.05) is 20.3 Å². The molecule has 2 aromatic carbocycles. The van der Waals surface area contributed by atoms with Gasteiger partial charge in [0.1, 0.15) is 5.82 Å². The second-order valence-corrected chi connectivity index (χ2v) is 7.77. The van der Waals surface area contributed by atoms with Crippen LogP contribution in [-0.2, 0) is 19.6 Å². The van der Waals surface area contributed by atoms with Gasteiger partial charge in [0.15, 0.2) is 18.2 Å². The van der Waals surface area contributed by atoms with Crippen molar-refractivity contribution < 1.29 is 31.5 Å². The topological polar surface area (TPSA) is 81.7 Å². The summed E-state index contributed by atoms with van der Waals surface area (Å²) >= 11 is 4.27. The summed E-state index contributed by atoms with van der Waals surface area (Å²) < 4.78 is 63.0. The smallest absolute Gasteiger partial charge is 0.343 e. The average molecular weight is 417 g/mol. The predicted molar refractivity (Wildman–Crippen MR) is 97.2 cm³/mol. The van der Waals surface area contributed by atoms with E-state index in [0.717, 1.165) is 30.3 Å². The van der Waals surface area contributed by atoms with E-state index >= 15 is 0 Å². The minimum Gasteiger partial charge on any atom is -0.479 e. The van der Waals surface area contributed by atoms with Gasteiger partial charge in [-0.15, -0.1) is 0 Å². The Morgan fingerprint density at radius 1 is 1.19 bits per heavy atom. The van der Waals surface area contributed by atoms with Crippen molar-refractivity contribution in [3.63, 3.8) is 0 Å². The van der Waals surface area contributed by atoms with Gasteiger partial charge in [-0.3, -0.25) is 0 Å². The zero-order valence-electron chi connectivity index (χ0n) is 14.2. The molecule has 1 N–H and O–H groups in total. The summed E-state index contributed by atoms with van der Waals surface area (Å²) in [6.07, 6.45) is 0. The quantitative estimate of drug-likeness (QED) is 0.509. The van der Waals surface area contributed by atoms with Gasteiger partial charge in [0.25, 0.3) is 0 Å². The molecule has 27 heavy (non-hydrogen) atoms. The largest absolute Gasteiger partial charge is 0.479 e. The Labute approximate surface area is 160 Å². The van der Waals surface area contributed by atoms with Crippen LogP contribution in [0.5, 0.6) is 5.75 Å². The molecule has 0 radical (unpaired) electrons. The van der Waals surface area contributed by atoms with Crippen molar-refractivity contribution >= 4 is 28.6 Å². The molecule has 0 saturated carbocycles. The predicted octanol–water partition coefficient (Wildman–Crippen LogP) is 2.47. The van der Waals surface area contributed by atoms with Gasteiger partial charge < -0.3 is 9.47 Å². The lowest BCUT2D eigenvalue weighted by molar-refractivity contribution is -0.142. The molecular weight excluding hydrogens is 400 g/mol. The summed E-state index contributed by atoms with van der Waals surface area (Å²) in [5.41, 5.74) is 0.406. The molecule has 1 unspecified atom stereocenters. The Kier molecular flexibility index (Phi) is 7.17. The lowest BCUT2D eigenvalue weighted by Crippen LogP contribution is -2.27. The van der Waals surface area contributed by atoms with Crippen LogP contribution in [0, 0.1) is 11.6 Å². The molecule has 10 heteroatoms. The van der Waals surface area contributed by atoms with Crippen LogP contribution in [0.4, 0.5) is 8.78 Å². The molecule has 1 atom stereocenters. The molecule has 0 aliphatic carbocycles. The lowest BCUT2D eigenvalue weighted by Gasteiger charge is -2.14. The zero-order chi connectivity index (χ0) is 20.0. The number of hydrogen-bond acceptors (Lipinski definition) is 6. The second-order valence-electron chi connectivity index (χ2n) is 5.38. The second kappa shape index (κ2) is 9.16. The highest BCUT2D eigenvalue weighted by atomic mass is 32.2. The molecule has 0 bridgehead atoms. The maximum Gasteiger partial charge on any atom is 0.343 e. The minimum absolute atomic E-state index is 0.0952. The van der Waals surface area contributed by atoms with Gasteiger partial charge >= 0.3 is 5.97 Å². The van der Waals surface area contributed by atoms with E-state index in [2.05, 4.69) is 22.1 Å². The third-order valence-electron chi connectivity index (χ3n) is 3.50. The Morgan fingerprint density at radius 2 is 1.85 bits per heavy atom. The number of benzene rings is 2. The number of carbonyl (C=O) groups is 1. The molecule has 146 valence electrons.